The van der Waals surface area contributed by atoms with Crippen LogP contribution in [0.3, 0.4) is 0 Å². The van der Waals surface area contributed by atoms with Crippen LogP contribution in [-0.2, 0) is 10.0 Å². The van der Waals surface area contributed by atoms with E-state index in [0.717, 1.165) is 18.9 Å². The minimum absolute atomic E-state index is 0.125. The molecule has 0 aromatic heterocycles. The molecule has 0 bridgehead atoms. The first kappa shape index (κ1) is 20.3. The van der Waals surface area contributed by atoms with Gasteiger partial charge in [-0.2, -0.15) is 4.31 Å². The van der Waals surface area contributed by atoms with Crippen molar-refractivity contribution >= 4 is 21.6 Å². The third-order valence-electron chi connectivity index (χ3n) is 4.91. The number of nitrogens with one attached hydrogen (secondary N) is 1. The summed E-state index contributed by atoms with van der Waals surface area (Å²) in [5.74, 6) is -0.478. The van der Waals surface area contributed by atoms with Gasteiger partial charge in [-0.25, -0.2) is 12.8 Å². The molecule has 0 aliphatic carbocycles. The van der Waals surface area contributed by atoms with Crippen molar-refractivity contribution in [2.24, 2.45) is 5.92 Å². The van der Waals surface area contributed by atoms with Gasteiger partial charge in [-0.3, -0.25) is 4.79 Å². The Morgan fingerprint density at radius 3 is 2.36 bits per heavy atom. The molecule has 2 aromatic carbocycles. The Bertz CT molecular complexity index is 953. The number of piperidine rings is 1. The molecule has 0 unspecified atom stereocenters. The number of carbonyl (C=O) groups is 1. The number of benzene rings is 2. The summed E-state index contributed by atoms with van der Waals surface area (Å²) in [6.45, 7) is 3.14. The van der Waals surface area contributed by atoms with E-state index in [4.69, 9.17) is 4.74 Å². The second-order valence-corrected chi connectivity index (χ2v) is 8.85. The molecule has 150 valence electrons. The van der Waals surface area contributed by atoms with E-state index in [9.17, 15) is 17.6 Å². The molecule has 0 atom stereocenters. The molecule has 28 heavy (non-hydrogen) atoms. The van der Waals surface area contributed by atoms with Crippen molar-refractivity contribution < 1.29 is 22.3 Å². The Hall–Kier alpha value is -2.45. The van der Waals surface area contributed by atoms with Gasteiger partial charge in [0, 0.05) is 24.8 Å². The number of hydrogen-bond acceptors (Lipinski definition) is 4. The van der Waals surface area contributed by atoms with E-state index in [0.29, 0.717) is 30.4 Å². The van der Waals surface area contributed by atoms with E-state index in [1.807, 2.05) is 0 Å². The average Bonchev–Trinajstić information content (AvgIpc) is 2.68. The van der Waals surface area contributed by atoms with Crippen LogP contribution in [0.1, 0.15) is 30.1 Å². The second-order valence-electron chi connectivity index (χ2n) is 6.91. The molecule has 0 spiro atoms. The lowest BCUT2D eigenvalue weighted by Crippen LogP contribution is -2.37. The van der Waals surface area contributed by atoms with E-state index in [1.54, 1.807) is 0 Å². The average molecular weight is 406 g/mol. The number of amides is 1. The number of nitrogens with zero attached hydrogens (tertiary/aromatic N) is 1. The fraction of sp³-hybridized carbons (Fsp3) is 0.350. The Balaban J connectivity index is 1.71. The van der Waals surface area contributed by atoms with Crippen LogP contribution in [0.2, 0.25) is 0 Å². The quantitative estimate of drug-likeness (QED) is 0.825. The second kappa shape index (κ2) is 8.28. The molecule has 1 aliphatic rings. The van der Waals surface area contributed by atoms with E-state index in [1.165, 1.54) is 47.8 Å². The number of carbonyl (C=O) groups excluding carboxylic acids is 1. The molecule has 0 radical (unpaired) electrons. The summed E-state index contributed by atoms with van der Waals surface area (Å²) in [5.41, 5.74) is 0.256. The monoisotopic (exact) mass is 406 g/mol. The number of methoxy groups -OCH3 is 1. The minimum Gasteiger partial charge on any atom is -0.497 e. The molecule has 1 N–H and O–H groups in total. The van der Waals surface area contributed by atoms with Crippen molar-refractivity contribution in [3.05, 3.63) is 53.8 Å². The Labute approximate surface area is 164 Å². The van der Waals surface area contributed by atoms with Gasteiger partial charge in [-0.1, -0.05) is 6.92 Å². The maximum Gasteiger partial charge on any atom is 0.258 e. The van der Waals surface area contributed by atoms with Crippen LogP contribution in [0.25, 0.3) is 0 Å². The minimum atomic E-state index is -3.55. The van der Waals surface area contributed by atoms with Crippen molar-refractivity contribution in [1.82, 2.24) is 4.31 Å². The third kappa shape index (κ3) is 4.34. The zero-order chi connectivity index (χ0) is 20.3. The Morgan fingerprint density at radius 1 is 1.14 bits per heavy atom. The van der Waals surface area contributed by atoms with E-state index >= 15 is 0 Å². The number of rotatable bonds is 5. The van der Waals surface area contributed by atoms with E-state index < -0.39 is 21.7 Å². The molecular formula is C20H23FN2O4S. The van der Waals surface area contributed by atoms with Crippen molar-refractivity contribution in [1.29, 1.82) is 0 Å². The zero-order valence-electron chi connectivity index (χ0n) is 15.8. The van der Waals surface area contributed by atoms with Crippen LogP contribution in [0, 0.1) is 11.7 Å². The molecule has 3 rings (SSSR count). The first-order valence-corrected chi connectivity index (χ1v) is 10.5. The number of sulfonamides is 1. The van der Waals surface area contributed by atoms with Gasteiger partial charge in [0.25, 0.3) is 5.91 Å². The summed E-state index contributed by atoms with van der Waals surface area (Å²) in [7, 11) is -2.14. The van der Waals surface area contributed by atoms with Crippen molar-refractivity contribution in [3.8, 4) is 5.75 Å². The van der Waals surface area contributed by atoms with Gasteiger partial charge in [-0.15, -0.1) is 0 Å². The van der Waals surface area contributed by atoms with E-state index in [2.05, 4.69) is 12.2 Å². The lowest BCUT2D eigenvalue weighted by molar-refractivity contribution is 0.102. The van der Waals surface area contributed by atoms with Crippen molar-refractivity contribution in [2.45, 2.75) is 24.7 Å². The fourth-order valence-corrected chi connectivity index (χ4v) is 4.56. The van der Waals surface area contributed by atoms with Gasteiger partial charge in [-0.05, 0) is 55.2 Å². The zero-order valence-corrected chi connectivity index (χ0v) is 16.6. The van der Waals surface area contributed by atoms with Gasteiger partial charge in [0.2, 0.25) is 10.0 Å². The van der Waals surface area contributed by atoms with Gasteiger partial charge in [0.15, 0.2) is 0 Å². The number of ether oxygens (including phenoxy) is 1. The smallest absolute Gasteiger partial charge is 0.258 e. The maximum absolute atomic E-state index is 14.0. The molecule has 8 heteroatoms. The van der Waals surface area contributed by atoms with Gasteiger partial charge >= 0.3 is 0 Å². The highest BCUT2D eigenvalue weighted by atomic mass is 32.2. The van der Waals surface area contributed by atoms with Crippen molar-refractivity contribution in [2.75, 3.05) is 25.5 Å². The molecule has 1 saturated heterocycles. The molecule has 6 nitrogen and oxygen atoms in total. The van der Waals surface area contributed by atoms with E-state index in [-0.39, 0.29) is 10.5 Å². The van der Waals surface area contributed by atoms with Gasteiger partial charge in [0.1, 0.15) is 11.6 Å². The predicted octanol–water partition coefficient (Wildman–Crippen LogP) is 3.51. The van der Waals surface area contributed by atoms with Crippen LogP contribution in [0.5, 0.6) is 5.75 Å². The maximum atomic E-state index is 14.0. The largest absolute Gasteiger partial charge is 0.497 e. The van der Waals surface area contributed by atoms with Crippen molar-refractivity contribution in [3.63, 3.8) is 0 Å². The highest BCUT2D eigenvalue weighted by Gasteiger charge is 2.28. The lowest BCUT2D eigenvalue weighted by atomic mass is 10.0. The highest BCUT2D eigenvalue weighted by molar-refractivity contribution is 7.89. The third-order valence-corrected chi connectivity index (χ3v) is 6.83. The topological polar surface area (TPSA) is 75.7 Å². The molecule has 1 heterocycles. The SMILES string of the molecule is COc1ccc(C(=O)Nc2ccc(S(=O)(=O)N3CCC(C)CC3)cc2)c(F)c1. The standard InChI is InChI=1S/C20H23FN2O4S/c1-14-9-11-23(12-10-14)28(25,26)17-6-3-15(4-7-17)22-20(24)18-8-5-16(27-2)13-19(18)21/h3-8,13-14H,9-12H2,1-2H3,(H,22,24). The predicted molar refractivity (Wildman–Crippen MR) is 105 cm³/mol. The number of anilines is 1. The van der Waals surface area contributed by atoms with Crippen LogP contribution in [0.4, 0.5) is 10.1 Å². The molecule has 1 fully saturated rings. The Kier molecular flexibility index (Phi) is 6.00. The lowest BCUT2D eigenvalue weighted by Gasteiger charge is -2.29. The number of halogens is 1. The first-order chi connectivity index (χ1) is 13.3. The molecule has 1 amide bonds. The van der Waals surface area contributed by atoms with Crippen LogP contribution >= 0.6 is 0 Å². The summed E-state index contributed by atoms with van der Waals surface area (Å²) in [5, 5.41) is 2.57. The summed E-state index contributed by atoms with van der Waals surface area (Å²) < 4.78 is 45.9. The normalized spacial score (nSPS) is 16.0. The van der Waals surface area contributed by atoms with Crippen LogP contribution in [-0.4, -0.2) is 38.8 Å². The fourth-order valence-electron chi connectivity index (χ4n) is 3.09. The summed E-state index contributed by atoms with van der Waals surface area (Å²) in [6.07, 6.45) is 1.70. The number of hydrogen-bond donors (Lipinski definition) is 1. The summed E-state index contributed by atoms with van der Waals surface area (Å²) in [4.78, 5) is 12.5. The van der Waals surface area contributed by atoms with Gasteiger partial charge < -0.3 is 10.1 Å². The summed E-state index contributed by atoms with van der Waals surface area (Å²) in [6, 6.07) is 9.86. The van der Waals surface area contributed by atoms with Crippen LogP contribution in [0.15, 0.2) is 47.4 Å². The highest BCUT2D eigenvalue weighted by Crippen LogP contribution is 2.25. The molecule has 2 aromatic rings. The molecule has 1 aliphatic heterocycles. The first-order valence-electron chi connectivity index (χ1n) is 9.06. The van der Waals surface area contributed by atoms with Crippen LogP contribution < -0.4 is 10.1 Å². The summed E-state index contributed by atoms with van der Waals surface area (Å²) >= 11 is 0. The molecular weight excluding hydrogens is 383 g/mol. The van der Waals surface area contributed by atoms with Gasteiger partial charge in [0.05, 0.1) is 17.6 Å². The molecule has 0 saturated carbocycles. The Morgan fingerprint density at radius 2 is 1.79 bits per heavy atom.